The number of aromatic nitrogens is 4. The fraction of sp³-hybridized carbons (Fsp3) is 0.267. The standard InChI is InChI=1S/C30H29ClN4O4S/c31-25-12-10-22(11-13-25)27(36)9-4-2-1-3-5-14-40-30-34-28(37)24(15-21-17-32-20-33-18-21)19-35(30)26-8-6-7-23(16-26)29(38)39/h6-8,10-13,16-20H,1-5,9,14-15H2,(H,38,39). The molecule has 0 radical (unpaired) electrons. The number of benzene rings is 2. The molecule has 206 valence electrons. The zero-order valence-corrected chi connectivity index (χ0v) is 23.4. The van der Waals surface area contributed by atoms with Crippen LogP contribution in [0.25, 0.3) is 5.69 Å². The zero-order valence-electron chi connectivity index (χ0n) is 21.8. The van der Waals surface area contributed by atoms with Gasteiger partial charge in [0.05, 0.1) is 5.56 Å². The van der Waals surface area contributed by atoms with Crippen LogP contribution in [0.1, 0.15) is 70.4 Å². The Hall–Kier alpha value is -3.82. The highest BCUT2D eigenvalue weighted by Gasteiger charge is 2.14. The van der Waals surface area contributed by atoms with Crippen molar-refractivity contribution < 1.29 is 14.7 Å². The average molecular weight is 577 g/mol. The molecule has 8 nitrogen and oxygen atoms in total. The SMILES string of the molecule is O=C(O)c1cccc(-n2cc(Cc3cncnc3)c(=O)nc2SCCCCCCCC(=O)c2ccc(Cl)cc2)c1. The van der Waals surface area contributed by atoms with Crippen molar-refractivity contribution in [3.8, 4) is 5.69 Å². The Morgan fingerprint density at radius 3 is 2.40 bits per heavy atom. The molecule has 0 unspecified atom stereocenters. The van der Waals surface area contributed by atoms with E-state index < -0.39 is 5.97 Å². The molecule has 0 spiro atoms. The summed E-state index contributed by atoms with van der Waals surface area (Å²) in [6.45, 7) is 0. The minimum atomic E-state index is -1.03. The monoisotopic (exact) mass is 576 g/mol. The molecule has 0 amide bonds. The van der Waals surface area contributed by atoms with Crippen LogP contribution in [0.2, 0.25) is 5.02 Å². The minimum Gasteiger partial charge on any atom is -0.478 e. The van der Waals surface area contributed by atoms with Crippen LogP contribution in [0, 0.1) is 0 Å². The van der Waals surface area contributed by atoms with E-state index in [1.165, 1.54) is 24.2 Å². The van der Waals surface area contributed by atoms with Crippen molar-refractivity contribution in [2.75, 3.05) is 5.75 Å². The molecule has 0 fully saturated rings. The highest BCUT2D eigenvalue weighted by molar-refractivity contribution is 7.99. The predicted molar refractivity (Wildman–Crippen MR) is 156 cm³/mol. The molecule has 2 aromatic heterocycles. The molecule has 2 heterocycles. The summed E-state index contributed by atoms with van der Waals surface area (Å²) in [4.78, 5) is 49.1. The quantitative estimate of drug-likeness (QED) is 0.0807. The summed E-state index contributed by atoms with van der Waals surface area (Å²) in [6, 6.07) is 13.5. The molecule has 0 bridgehead atoms. The Balaban J connectivity index is 1.35. The van der Waals surface area contributed by atoms with Crippen LogP contribution in [0.3, 0.4) is 0 Å². The summed E-state index contributed by atoms with van der Waals surface area (Å²) in [6.07, 6.45) is 12.0. The van der Waals surface area contributed by atoms with Gasteiger partial charge in [0, 0.05) is 59.0 Å². The number of carboxylic acid groups (broad SMARTS) is 1. The van der Waals surface area contributed by atoms with Gasteiger partial charge in [-0.25, -0.2) is 14.8 Å². The number of hydrogen-bond donors (Lipinski definition) is 1. The number of carbonyl (C=O) groups is 2. The molecule has 40 heavy (non-hydrogen) atoms. The molecular formula is C30H29ClN4O4S. The van der Waals surface area contributed by atoms with E-state index in [4.69, 9.17) is 11.6 Å². The van der Waals surface area contributed by atoms with E-state index in [0.717, 1.165) is 43.4 Å². The van der Waals surface area contributed by atoms with E-state index >= 15 is 0 Å². The highest BCUT2D eigenvalue weighted by Crippen LogP contribution is 2.23. The molecule has 0 saturated heterocycles. The minimum absolute atomic E-state index is 0.131. The first-order valence-electron chi connectivity index (χ1n) is 13.0. The average Bonchev–Trinajstić information content (AvgIpc) is 2.96. The van der Waals surface area contributed by atoms with E-state index in [0.29, 0.717) is 39.8 Å². The van der Waals surface area contributed by atoms with Crippen LogP contribution >= 0.6 is 23.4 Å². The van der Waals surface area contributed by atoms with Crippen LogP contribution < -0.4 is 5.56 Å². The van der Waals surface area contributed by atoms with Crippen molar-refractivity contribution in [1.29, 1.82) is 0 Å². The number of hydrogen-bond acceptors (Lipinski definition) is 7. The van der Waals surface area contributed by atoms with Gasteiger partial charge in [-0.2, -0.15) is 4.98 Å². The van der Waals surface area contributed by atoms with E-state index in [-0.39, 0.29) is 16.9 Å². The molecule has 0 atom stereocenters. The van der Waals surface area contributed by atoms with Crippen LogP contribution in [-0.2, 0) is 6.42 Å². The number of carbonyl (C=O) groups excluding carboxylic acids is 1. The molecule has 10 heteroatoms. The molecule has 0 aliphatic rings. The van der Waals surface area contributed by atoms with Crippen molar-refractivity contribution in [2.45, 2.75) is 50.1 Å². The number of Topliss-reactive ketones (excluding diaryl/α,β-unsaturated/α-hetero) is 1. The third-order valence-corrected chi connectivity index (χ3v) is 7.58. The van der Waals surface area contributed by atoms with Crippen LogP contribution in [0.4, 0.5) is 0 Å². The number of carboxylic acids is 1. The lowest BCUT2D eigenvalue weighted by molar-refractivity contribution is 0.0696. The van der Waals surface area contributed by atoms with Gasteiger partial charge < -0.3 is 5.11 Å². The molecule has 0 aliphatic carbocycles. The van der Waals surface area contributed by atoms with Gasteiger partial charge in [-0.1, -0.05) is 48.7 Å². The fourth-order valence-corrected chi connectivity index (χ4v) is 5.28. The summed E-state index contributed by atoms with van der Waals surface area (Å²) in [5.41, 5.74) is 2.37. The zero-order chi connectivity index (χ0) is 28.3. The summed E-state index contributed by atoms with van der Waals surface area (Å²) < 4.78 is 1.78. The Bertz CT molecular complexity index is 1510. The Morgan fingerprint density at radius 1 is 0.925 bits per heavy atom. The smallest absolute Gasteiger partial charge is 0.335 e. The number of nitrogens with zero attached hydrogens (tertiary/aromatic N) is 4. The van der Waals surface area contributed by atoms with Crippen molar-refractivity contribution in [3.63, 3.8) is 0 Å². The summed E-state index contributed by atoms with van der Waals surface area (Å²) in [5.74, 6) is -0.145. The fourth-order valence-electron chi connectivity index (χ4n) is 4.18. The molecule has 0 saturated carbocycles. The van der Waals surface area contributed by atoms with E-state index in [1.54, 1.807) is 65.6 Å². The second-order valence-electron chi connectivity index (χ2n) is 9.30. The Kier molecular flexibility index (Phi) is 10.6. The van der Waals surface area contributed by atoms with E-state index in [2.05, 4.69) is 15.0 Å². The van der Waals surface area contributed by atoms with Crippen molar-refractivity contribution in [1.82, 2.24) is 19.5 Å². The third kappa shape index (κ3) is 8.34. The maximum Gasteiger partial charge on any atom is 0.335 e. The van der Waals surface area contributed by atoms with Gasteiger partial charge in [0.15, 0.2) is 10.9 Å². The highest BCUT2D eigenvalue weighted by atomic mass is 35.5. The second kappa shape index (κ2) is 14.5. The first-order valence-corrected chi connectivity index (χ1v) is 14.4. The van der Waals surface area contributed by atoms with Crippen molar-refractivity contribution >= 4 is 35.1 Å². The molecule has 2 aromatic carbocycles. The van der Waals surface area contributed by atoms with Gasteiger partial charge >= 0.3 is 5.97 Å². The molecule has 0 aliphatic heterocycles. The second-order valence-corrected chi connectivity index (χ2v) is 10.8. The maximum absolute atomic E-state index is 12.9. The van der Waals surface area contributed by atoms with Gasteiger partial charge in [-0.15, -0.1) is 0 Å². The number of thioether (sulfide) groups is 1. The normalized spacial score (nSPS) is 10.9. The molecule has 1 N–H and O–H groups in total. The van der Waals surface area contributed by atoms with Crippen molar-refractivity contribution in [2.24, 2.45) is 0 Å². The predicted octanol–water partition coefficient (Wildman–Crippen LogP) is 6.28. The van der Waals surface area contributed by atoms with Gasteiger partial charge in [0.1, 0.15) is 6.33 Å². The van der Waals surface area contributed by atoms with Gasteiger partial charge in [-0.3, -0.25) is 14.2 Å². The topological polar surface area (TPSA) is 115 Å². The number of unbranched alkanes of at least 4 members (excludes halogenated alkanes) is 4. The van der Waals surface area contributed by atoms with E-state index in [9.17, 15) is 19.5 Å². The lowest BCUT2D eigenvalue weighted by Gasteiger charge is -2.14. The van der Waals surface area contributed by atoms with Crippen LogP contribution in [0.5, 0.6) is 0 Å². The first kappa shape index (κ1) is 29.2. The van der Waals surface area contributed by atoms with Crippen LogP contribution in [0.15, 0.2) is 83.4 Å². The van der Waals surface area contributed by atoms with E-state index in [1.807, 2.05) is 0 Å². The maximum atomic E-state index is 12.9. The van der Waals surface area contributed by atoms with Crippen LogP contribution in [-0.4, -0.2) is 42.1 Å². The number of aromatic carboxylic acids is 1. The third-order valence-electron chi connectivity index (χ3n) is 6.29. The van der Waals surface area contributed by atoms with Gasteiger partial charge in [0.25, 0.3) is 5.56 Å². The molecular weight excluding hydrogens is 548 g/mol. The van der Waals surface area contributed by atoms with Gasteiger partial charge in [0.2, 0.25) is 0 Å². The summed E-state index contributed by atoms with van der Waals surface area (Å²) >= 11 is 7.35. The Labute approximate surface area is 241 Å². The molecule has 4 rings (SSSR count). The lowest BCUT2D eigenvalue weighted by Crippen LogP contribution is -2.19. The lowest BCUT2D eigenvalue weighted by atomic mass is 10.0. The number of ketones is 1. The first-order chi connectivity index (χ1) is 19.4. The summed E-state index contributed by atoms with van der Waals surface area (Å²) in [5, 5.41) is 10.6. The van der Waals surface area contributed by atoms with Gasteiger partial charge in [-0.05, 0) is 60.9 Å². The largest absolute Gasteiger partial charge is 0.478 e. The Morgan fingerprint density at radius 2 is 1.65 bits per heavy atom. The summed E-state index contributed by atoms with van der Waals surface area (Å²) in [7, 11) is 0. The van der Waals surface area contributed by atoms with Crippen molar-refractivity contribution in [3.05, 3.63) is 111 Å². The number of rotatable bonds is 14. The molecule has 4 aromatic rings. The number of halogens is 1.